The molecule has 1 atom stereocenters. The second kappa shape index (κ2) is 6.76. The predicted molar refractivity (Wildman–Crippen MR) is 83.7 cm³/mol. The Morgan fingerprint density at radius 1 is 1.26 bits per heavy atom. The molecule has 0 spiro atoms. The van der Waals surface area contributed by atoms with Crippen molar-refractivity contribution in [2.24, 2.45) is 0 Å². The van der Waals surface area contributed by atoms with Gasteiger partial charge in [0.05, 0.1) is 0 Å². The molecule has 0 bridgehead atoms. The highest BCUT2D eigenvalue weighted by Gasteiger charge is 2.11. The van der Waals surface area contributed by atoms with Crippen LogP contribution < -0.4 is 10.2 Å². The van der Waals surface area contributed by atoms with Crippen LogP contribution in [0.15, 0.2) is 35.9 Å². The topological polar surface area (TPSA) is 15.3 Å². The standard InChI is InChI=1S/C17H26N2/c1-4-11-18-15(3)16-7-9-17(10-8-16)19-12-5-6-14(2)13-19/h6-10,15,18H,4-5,11-13H2,1-3H3. The van der Waals surface area contributed by atoms with E-state index in [1.165, 1.54) is 29.7 Å². The molecule has 1 aliphatic heterocycles. The lowest BCUT2D eigenvalue weighted by Gasteiger charge is -2.28. The van der Waals surface area contributed by atoms with Crippen LogP contribution in [0.25, 0.3) is 0 Å². The van der Waals surface area contributed by atoms with Crippen LogP contribution in [0.4, 0.5) is 5.69 Å². The average molecular weight is 258 g/mol. The van der Waals surface area contributed by atoms with Crippen LogP contribution in [0.1, 0.15) is 45.2 Å². The molecule has 1 N–H and O–H groups in total. The lowest BCUT2D eigenvalue weighted by atomic mass is 10.1. The molecule has 1 heterocycles. The first kappa shape index (κ1) is 14.1. The lowest BCUT2D eigenvalue weighted by Crippen LogP contribution is -2.29. The fourth-order valence-electron chi connectivity index (χ4n) is 2.58. The third-order valence-corrected chi connectivity index (χ3v) is 3.79. The Kier molecular flexibility index (Phi) is 5.03. The smallest absolute Gasteiger partial charge is 0.0386 e. The van der Waals surface area contributed by atoms with Crippen LogP contribution in [0.5, 0.6) is 0 Å². The third kappa shape index (κ3) is 3.84. The summed E-state index contributed by atoms with van der Waals surface area (Å²) in [4.78, 5) is 2.46. The summed E-state index contributed by atoms with van der Waals surface area (Å²) < 4.78 is 0. The van der Waals surface area contributed by atoms with Gasteiger partial charge >= 0.3 is 0 Å². The van der Waals surface area contributed by atoms with E-state index in [2.05, 4.69) is 61.3 Å². The minimum absolute atomic E-state index is 0.442. The number of nitrogens with zero attached hydrogens (tertiary/aromatic N) is 1. The second-order valence-electron chi connectivity index (χ2n) is 5.53. The maximum Gasteiger partial charge on any atom is 0.0386 e. The van der Waals surface area contributed by atoms with Gasteiger partial charge in [-0.2, -0.15) is 0 Å². The zero-order chi connectivity index (χ0) is 13.7. The molecule has 2 heteroatoms. The molecule has 104 valence electrons. The molecule has 1 aromatic carbocycles. The van der Waals surface area contributed by atoms with Gasteiger partial charge in [-0.25, -0.2) is 0 Å². The van der Waals surface area contributed by atoms with E-state index in [1.807, 2.05) is 0 Å². The van der Waals surface area contributed by atoms with Crippen LogP contribution in [0, 0.1) is 0 Å². The summed E-state index contributed by atoms with van der Waals surface area (Å²) in [6.07, 6.45) is 4.70. The summed E-state index contributed by atoms with van der Waals surface area (Å²) >= 11 is 0. The molecule has 0 radical (unpaired) electrons. The molecule has 2 rings (SSSR count). The minimum Gasteiger partial charge on any atom is -0.367 e. The van der Waals surface area contributed by atoms with Crippen LogP contribution in [-0.4, -0.2) is 19.6 Å². The second-order valence-corrected chi connectivity index (χ2v) is 5.53. The first-order chi connectivity index (χ1) is 9.20. The Bertz CT molecular complexity index is 419. The maximum absolute atomic E-state index is 3.53. The first-order valence-corrected chi connectivity index (χ1v) is 7.44. The van der Waals surface area contributed by atoms with Gasteiger partial charge in [0.1, 0.15) is 0 Å². The highest BCUT2D eigenvalue weighted by molar-refractivity contribution is 5.50. The van der Waals surface area contributed by atoms with Gasteiger partial charge in [-0.3, -0.25) is 0 Å². The average Bonchev–Trinajstić information content (AvgIpc) is 2.45. The molecule has 0 saturated heterocycles. The highest BCUT2D eigenvalue weighted by atomic mass is 15.1. The van der Waals surface area contributed by atoms with E-state index < -0.39 is 0 Å². The van der Waals surface area contributed by atoms with Crippen LogP contribution in [-0.2, 0) is 0 Å². The van der Waals surface area contributed by atoms with Crippen molar-refractivity contribution >= 4 is 5.69 Å². The van der Waals surface area contributed by atoms with Crippen LogP contribution in [0.3, 0.4) is 0 Å². The number of rotatable bonds is 5. The zero-order valence-electron chi connectivity index (χ0n) is 12.4. The fourth-order valence-corrected chi connectivity index (χ4v) is 2.58. The third-order valence-electron chi connectivity index (χ3n) is 3.79. The first-order valence-electron chi connectivity index (χ1n) is 7.44. The molecule has 19 heavy (non-hydrogen) atoms. The van der Waals surface area contributed by atoms with E-state index in [9.17, 15) is 0 Å². The van der Waals surface area contributed by atoms with Crippen molar-refractivity contribution in [1.82, 2.24) is 5.32 Å². The number of anilines is 1. The van der Waals surface area contributed by atoms with Crippen molar-refractivity contribution in [3.05, 3.63) is 41.5 Å². The Morgan fingerprint density at radius 2 is 2.00 bits per heavy atom. The van der Waals surface area contributed by atoms with E-state index in [0.717, 1.165) is 19.6 Å². The van der Waals surface area contributed by atoms with Crippen molar-refractivity contribution in [3.63, 3.8) is 0 Å². The normalized spacial score (nSPS) is 17.2. The van der Waals surface area contributed by atoms with Crippen molar-refractivity contribution in [3.8, 4) is 0 Å². The molecular formula is C17H26N2. The van der Waals surface area contributed by atoms with Crippen LogP contribution in [0.2, 0.25) is 0 Å². The van der Waals surface area contributed by atoms with Gasteiger partial charge in [0.25, 0.3) is 0 Å². The monoisotopic (exact) mass is 258 g/mol. The van der Waals surface area contributed by atoms with Gasteiger partial charge < -0.3 is 10.2 Å². The molecule has 0 amide bonds. The van der Waals surface area contributed by atoms with E-state index in [4.69, 9.17) is 0 Å². The minimum atomic E-state index is 0.442. The van der Waals surface area contributed by atoms with Crippen molar-refractivity contribution in [2.75, 3.05) is 24.5 Å². The van der Waals surface area contributed by atoms with Gasteiger partial charge in [0, 0.05) is 24.8 Å². The molecule has 0 fully saturated rings. The summed E-state index contributed by atoms with van der Waals surface area (Å²) in [5, 5.41) is 3.53. The van der Waals surface area contributed by atoms with E-state index in [1.54, 1.807) is 0 Å². The summed E-state index contributed by atoms with van der Waals surface area (Å²) in [5.74, 6) is 0. The Labute approximate surface area is 117 Å². The van der Waals surface area contributed by atoms with Crippen molar-refractivity contribution in [1.29, 1.82) is 0 Å². The predicted octanol–water partition coefficient (Wildman–Crippen LogP) is 3.90. The van der Waals surface area contributed by atoms with Gasteiger partial charge in [0.2, 0.25) is 0 Å². The highest BCUT2D eigenvalue weighted by Crippen LogP contribution is 2.22. The molecule has 0 aliphatic carbocycles. The number of benzene rings is 1. The molecule has 1 unspecified atom stereocenters. The van der Waals surface area contributed by atoms with Gasteiger partial charge in [-0.15, -0.1) is 0 Å². The Morgan fingerprint density at radius 3 is 2.63 bits per heavy atom. The quantitative estimate of drug-likeness (QED) is 0.806. The summed E-state index contributed by atoms with van der Waals surface area (Å²) in [7, 11) is 0. The van der Waals surface area contributed by atoms with Gasteiger partial charge in [-0.1, -0.05) is 30.7 Å². The number of nitrogens with one attached hydrogen (secondary N) is 1. The number of hydrogen-bond donors (Lipinski definition) is 1. The molecule has 2 nitrogen and oxygen atoms in total. The largest absolute Gasteiger partial charge is 0.367 e. The van der Waals surface area contributed by atoms with Crippen molar-refractivity contribution < 1.29 is 0 Å². The summed E-state index contributed by atoms with van der Waals surface area (Å²) in [6.45, 7) is 9.95. The SMILES string of the molecule is CCCNC(C)c1ccc(N2CCC=C(C)C2)cc1. The molecule has 1 aliphatic rings. The summed E-state index contributed by atoms with van der Waals surface area (Å²) in [5.41, 5.74) is 4.20. The van der Waals surface area contributed by atoms with Gasteiger partial charge in [0.15, 0.2) is 0 Å². The Balaban J connectivity index is 2.00. The van der Waals surface area contributed by atoms with E-state index in [0.29, 0.717) is 6.04 Å². The molecule has 0 saturated carbocycles. The van der Waals surface area contributed by atoms with E-state index in [-0.39, 0.29) is 0 Å². The van der Waals surface area contributed by atoms with E-state index >= 15 is 0 Å². The lowest BCUT2D eigenvalue weighted by molar-refractivity contribution is 0.570. The fraction of sp³-hybridized carbons (Fsp3) is 0.529. The molecular weight excluding hydrogens is 232 g/mol. The molecule has 0 aromatic heterocycles. The Hall–Kier alpha value is -1.28. The zero-order valence-corrected chi connectivity index (χ0v) is 12.4. The maximum atomic E-state index is 3.53. The molecule has 1 aromatic rings. The number of hydrogen-bond acceptors (Lipinski definition) is 2. The van der Waals surface area contributed by atoms with Crippen molar-refractivity contribution in [2.45, 2.75) is 39.7 Å². The van der Waals surface area contributed by atoms with Gasteiger partial charge in [-0.05, 0) is 50.9 Å². The van der Waals surface area contributed by atoms with Crippen LogP contribution >= 0.6 is 0 Å². The summed E-state index contributed by atoms with van der Waals surface area (Å²) in [6, 6.07) is 9.49.